The Labute approximate surface area is 119 Å². The summed E-state index contributed by atoms with van der Waals surface area (Å²) in [5.41, 5.74) is -0.365. The highest BCUT2D eigenvalue weighted by Crippen LogP contribution is 2.20. The van der Waals surface area contributed by atoms with Gasteiger partial charge in [0.25, 0.3) is 5.56 Å². The van der Waals surface area contributed by atoms with Gasteiger partial charge in [-0.1, -0.05) is 6.07 Å². The summed E-state index contributed by atoms with van der Waals surface area (Å²) in [6.07, 6.45) is 0. The minimum absolute atomic E-state index is 0.0301. The lowest BCUT2D eigenvalue weighted by Gasteiger charge is -2.15. The molecule has 1 N–H and O–H groups in total. The molecule has 0 unspecified atom stereocenters. The third kappa shape index (κ3) is 2.30. The van der Waals surface area contributed by atoms with Gasteiger partial charge in [0.15, 0.2) is 0 Å². The first kappa shape index (κ1) is 14.5. The number of hydrogen-bond donors (Lipinski definition) is 1. The third-order valence-corrected chi connectivity index (χ3v) is 3.21. The molecule has 0 saturated heterocycles. The van der Waals surface area contributed by atoms with Crippen LogP contribution in [0.25, 0.3) is 5.69 Å². The minimum atomic E-state index is -1.19. The summed E-state index contributed by atoms with van der Waals surface area (Å²) in [5.74, 6) is -1.95. The van der Waals surface area contributed by atoms with Gasteiger partial charge >= 0.3 is 5.97 Å². The van der Waals surface area contributed by atoms with Gasteiger partial charge in [-0.3, -0.25) is 9.36 Å². The zero-order chi connectivity index (χ0) is 15.7. The summed E-state index contributed by atoms with van der Waals surface area (Å²) in [5, 5.41) is 18.3. The summed E-state index contributed by atoms with van der Waals surface area (Å²) in [4.78, 5) is 23.5. The maximum Gasteiger partial charge on any atom is 0.337 e. The largest absolute Gasteiger partial charge is 0.478 e. The molecule has 0 aliphatic carbocycles. The molecule has 1 aromatic carbocycles. The molecule has 0 radical (unpaired) electrons. The van der Waals surface area contributed by atoms with Crippen molar-refractivity contribution in [2.45, 2.75) is 13.8 Å². The Morgan fingerprint density at radius 1 is 1.38 bits per heavy atom. The van der Waals surface area contributed by atoms with E-state index in [-0.39, 0.29) is 22.5 Å². The summed E-state index contributed by atoms with van der Waals surface area (Å²) >= 11 is 0. The van der Waals surface area contributed by atoms with Crippen LogP contribution in [0.3, 0.4) is 0 Å². The smallest absolute Gasteiger partial charge is 0.337 e. The van der Waals surface area contributed by atoms with Crippen LogP contribution in [0.15, 0.2) is 29.1 Å². The second kappa shape index (κ2) is 5.21. The van der Waals surface area contributed by atoms with Crippen LogP contribution in [0.4, 0.5) is 4.39 Å². The first-order chi connectivity index (χ1) is 9.88. The van der Waals surface area contributed by atoms with Gasteiger partial charge in [0.2, 0.25) is 0 Å². The molecule has 0 aliphatic rings. The van der Waals surface area contributed by atoms with Gasteiger partial charge in [-0.2, -0.15) is 5.26 Å². The number of aromatic carboxylic acids is 1. The molecule has 0 bridgehead atoms. The van der Waals surface area contributed by atoms with E-state index in [1.807, 2.05) is 0 Å². The van der Waals surface area contributed by atoms with Crippen molar-refractivity contribution in [1.29, 1.82) is 5.26 Å². The van der Waals surface area contributed by atoms with Gasteiger partial charge in [-0.25, -0.2) is 9.18 Å². The van der Waals surface area contributed by atoms with Crippen molar-refractivity contribution in [3.63, 3.8) is 0 Å². The highest BCUT2D eigenvalue weighted by Gasteiger charge is 2.19. The Balaban J connectivity index is 2.93. The van der Waals surface area contributed by atoms with Gasteiger partial charge < -0.3 is 5.11 Å². The predicted molar refractivity (Wildman–Crippen MR) is 73.1 cm³/mol. The average Bonchev–Trinajstić information content (AvgIpc) is 2.37. The number of benzene rings is 1. The highest BCUT2D eigenvalue weighted by atomic mass is 19.1. The van der Waals surface area contributed by atoms with Crippen LogP contribution in [0.2, 0.25) is 0 Å². The summed E-state index contributed by atoms with van der Waals surface area (Å²) < 4.78 is 14.7. The number of carbonyl (C=O) groups is 1. The summed E-state index contributed by atoms with van der Waals surface area (Å²) in [6.45, 7) is 2.96. The van der Waals surface area contributed by atoms with E-state index in [2.05, 4.69) is 0 Å². The third-order valence-electron chi connectivity index (χ3n) is 3.21. The van der Waals surface area contributed by atoms with Crippen molar-refractivity contribution >= 4 is 5.97 Å². The fourth-order valence-electron chi connectivity index (χ4n) is 2.32. The Hall–Kier alpha value is -2.94. The number of carboxylic acid groups (broad SMARTS) is 1. The van der Waals surface area contributed by atoms with E-state index in [0.717, 1.165) is 16.7 Å². The van der Waals surface area contributed by atoms with Gasteiger partial charge in [-0.05, 0) is 31.5 Å². The number of nitrogens with zero attached hydrogens (tertiary/aromatic N) is 2. The SMILES string of the molecule is Cc1cc(=O)n(-c2cccc(F)c2C#N)c(C)c1C(=O)O. The molecular formula is C15H11FN2O3. The minimum Gasteiger partial charge on any atom is -0.478 e. The fraction of sp³-hybridized carbons (Fsp3) is 0.133. The van der Waals surface area contributed by atoms with E-state index in [0.29, 0.717) is 5.56 Å². The van der Waals surface area contributed by atoms with Crippen LogP contribution in [0.5, 0.6) is 0 Å². The number of hydrogen-bond acceptors (Lipinski definition) is 3. The fourth-order valence-corrected chi connectivity index (χ4v) is 2.32. The van der Waals surface area contributed by atoms with E-state index >= 15 is 0 Å². The van der Waals surface area contributed by atoms with E-state index in [1.54, 1.807) is 6.07 Å². The van der Waals surface area contributed by atoms with Crippen LogP contribution < -0.4 is 5.56 Å². The molecule has 1 heterocycles. The first-order valence-corrected chi connectivity index (χ1v) is 6.04. The van der Waals surface area contributed by atoms with Crippen LogP contribution in [-0.4, -0.2) is 15.6 Å². The second-order valence-corrected chi connectivity index (χ2v) is 4.51. The molecule has 0 atom stereocenters. The van der Waals surface area contributed by atoms with E-state index in [4.69, 9.17) is 5.26 Å². The monoisotopic (exact) mass is 286 g/mol. The molecule has 21 heavy (non-hydrogen) atoms. The lowest BCUT2D eigenvalue weighted by molar-refractivity contribution is 0.0694. The Morgan fingerprint density at radius 2 is 2.05 bits per heavy atom. The van der Waals surface area contributed by atoms with Gasteiger partial charge in [-0.15, -0.1) is 0 Å². The topological polar surface area (TPSA) is 83.1 Å². The summed E-state index contributed by atoms with van der Waals surface area (Å²) in [6, 6.07) is 6.72. The Bertz CT molecular complexity index is 847. The Kier molecular flexibility index (Phi) is 3.59. The maximum atomic E-state index is 13.7. The number of carboxylic acids is 1. The standard InChI is InChI=1S/C15H11FN2O3/c1-8-6-13(19)18(9(2)14(8)15(20)21)12-5-3-4-11(16)10(12)7-17/h3-6H,1-2H3,(H,20,21). The van der Waals surface area contributed by atoms with Gasteiger partial charge in [0, 0.05) is 11.8 Å². The number of rotatable bonds is 2. The number of pyridine rings is 1. The van der Waals surface area contributed by atoms with Crippen molar-refractivity contribution in [2.24, 2.45) is 0 Å². The molecule has 0 saturated carbocycles. The molecule has 0 amide bonds. The van der Waals surface area contributed by atoms with Crippen molar-refractivity contribution in [2.75, 3.05) is 0 Å². The molecule has 2 rings (SSSR count). The average molecular weight is 286 g/mol. The molecule has 6 heteroatoms. The lowest BCUT2D eigenvalue weighted by atomic mass is 10.1. The quantitative estimate of drug-likeness (QED) is 0.917. The van der Waals surface area contributed by atoms with E-state index in [9.17, 15) is 19.1 Å². The van der Waals surface area contributed by atoms with Gasteiger partial charge in [0.05, 0.1) is 11.3 Å². The molecule has 0 spiro atoms. The van der Waals surface area contributed by atoms with Crippen molar-refractivity contribution in [3.8, 4) is 11.8 Å². The molecule has 106 valence electrons. The van der Waals surface area contributed by atoms with Crippen LogP contribution in [0, 0.1) is 31.0 Å². The summed E-state index contributed by atoms with van der Waals surface area (Å²) in [7, 11) is 0. The van der Waals surface area contributed by atoms with Crippen LogP contribution in [-0.2, 0) is 0 Å². The van der Waals surface area contributed by atoms with Crippen molar-refractivity contribution < 1.29 is 14.3 Å². The zero-order valence-electron chi connectivity index (χ0n) is 11.3. The van der Waals surface area contributed by atoms with Crippen molar-refractivity contribution in [3.05, 3.63) is 62.8 Å². The van der Waals surface area contributed by atoms with Gasteiger partial charge in [0.1, 0.15) is 17.4 Å². The zero-order valence-corrected chi connectivity index (χ0v) is 11.3. The van der Waals surface area contributed by atoms with E-state index in [1.165, 1.54) is 26.0 Å². The van der Waals surface area contributed by atoms with E-state index < -0.39 is 17.3 Å². The number of halogens is 1. The Morgan fingerprint density at radius 3 is 2.62 bits per heavy atom. The second-order valence-electron chi connectivity index (χ2n) is 4.51. The normalized spacial score (nSPS) is 10.2. The van der Waals surface area contributed by atoms with Crippen LogP contribution in [0.1, 0.15) is 27.2 Å². The molecule has 5 nitrogen and oxygen atoms in total. The van der Waals surface area contributed by atoms with Crippen LogP contribution >= 0.6 is 0 Å². The number of nitriles is 1. The first-order valence-electron chi connectivity index (χ1n) is 6.04. The molecule has 2 aromatic rings. The maximum absolute atomic E-state index is 13.7. The van der Waals surface area contributed by atoms with Crippen molar-refractivity contribution in [1.82, 2.24) is 4.57 Å². The molecule has 1 aromatic heterocycles. The highest BCUT2D eigenvalue weighted by molar-refractivity contribution is 5.90. The molecule has 0 aliphatic heterocycles. The predicted octanol–water partition coefficient (Wildman–Crippen LogP) is 2.16. The lowest BCUT2D eigenvalue weighted by Crippen LogP contribution is -2.25. The number of aromatic nitrogens is 1. The number of aryl methyl sites for hydroxylation is 1. The molecule has 0 fully saturated rings. The molecular weight excluding hydrogens is 275 g/mol.